The molecular formula is C23H16ClN3O5. The lowest BCUT2D eigenvalue weighted by atomic mass is 9.90. The van der Waals surface area contributed by atoms with Gasteiger partial charge in [-0.15, -0.1) is 0 Å². The van der Waals surface area contributed by atoms with Crippen LogP contribution >= 0.6 is 11.6 Å². The highest BCUT2D eigenvalue weighted by molar-refractivity contribution is 6.31. The summed E-state index contributed by atoms with van der Waals surface area (Å²) in [5, 5.41) is 13.2. The number of hydrogen-bond donors (Lipinski definition) is 0. The minimum absolute atomic E-state index is 0.115. The van der Waals surface area contributed by atoms with E-state index in [0.29, 0.717) is 16.4 Å². The van der Waals surface area contributed by atoms with E-state index in [9.17, 15) is 19.7 Å². The standard InChI is InChI=1S/C23H16ClN3O5/c24-15-9-11-16(12-10-15)25-22(28)19-20(14-5-2-1-3-6-14)26(32-21(19)23(25)29)17-7-4-8-18(13-17)27(30)31/h1-13,19-21H/t19-,20+,21-/m1/s1. The molecule has 3 aromatic rings. The number of fused-ring (bicyclic) bond motifs is 1. The Morgan fingerprint density at radius 3 is 2.28 bits per heavy atom. The topological polar surface area (TPSA) is 93.0 Å². The molecule has 2 amide bonds. The molecule has 9 heteroatoms. The van der Waals surface area contributed by atoms with Crippen LogP contribution in [0, 0.1) is 16.0 Å². The van der Waals surface area contributed by atoms with Crippen LogP contribution in [0.25, 0.3) is 0 Å². The lowest BCUT2D eigenvalue weighted by Gasteiger charge is -2.28. The van der Waals surface area contributed by atoms with Crippen molar-refractivity contribution in [2.75, 3.05) is 9.96 Å². The second-order valence-electron chi connectivity index (χ2n) is 7.50. The quantitative estimate of drug-likeness (QED) is 0.335. The molecular weight excluding hydrogens is 434 g/mol. The molecule has 5 rings (SSSR count). The lowest BCUT2D eigenvalue weighted by molar-refractivity contribution is -0.384. The number of nitrogens with zero attached hydrogens (tertiary/aromatic N) is 3. The van der Waals surface area contributed by atoms with Gasteiger partial charge in [-0.05, 0) is 35.9 Å². The molecule has 0 bridgehead atoms. The Morgan fingerprint density at radius 2 is 1.59 bits per heavy atom. The van der Waals surface area contributed by atoms with Gasteiger partial charge < -0.3 is 0 Å². The van der Waals surface area contributed by atoms with Gasteiger partial charge in [0.05, 0.1) is 22.3 Å². The van der Waals surface area contributed by atoms with Crippen molar-refractivity contribution in [2.45, 2.75) is 12.1 Å². The number of hydroxylamine groups is 1. The predicted molar refractivity (Wildman–Crippen MR) is 117 cm³/mol. The summed E-state index contributed by atoms with van der Waals surface area (Å²) in [4.78, 5) is 44.6. The zero-order valence-electron chi connectivity index (χ0n) is 16.5. The maximum Gasteiger partial charge on any atom is 0.271 e. The Kier molecular flexibility index (Phi) is 4.88. The molecule has 2 saturated heterocycles. The number of imide groups is 1. The van der Waals surface area contributed by atoms with E-state index < -0.39 is 34.8 Å². The number of amides is 2. The Balaban J connectivity index is 1.58. The van der Waals surface area contributed by atoms with Crippen molar-refractivity contribution < 1.29 is 19.3 Å². The monoisotopic (exact) mass is 449 g/mol. The second kappa shape index (κ2) is 7.74. The van der Waals surface area contributed by atoms with Gasteiger partial charge in [0.25, 0.3) is 11.6 Å². The van der Waals surface area contributed by atoms with Gasteiger partial charge in [0, 0.05) is 17.2 Å². The number of hydrogen-bond acceptors (Lipinski definition) is 6. The Bertz CT molecular complexity index is 1220. The maximum atomic E-state index is 13.5. The molecule has 32 heavy (non-hydrogen) atoms. The van der Waals surface area contributed by atoms with Crippen molar-refractivity contribution in [3.63, 3.8) is 0 Å². The number of rotatable bonds is 4. The average Bonchev–Trinajstić information content (AvgIpc) is 3.31. The summed E-state index contributed by atoms with van der Waals surface area (Å²) in [6.45, 7) is 0. The molecule has 0 aliphatic carbocycles. The lowest BCUT2D eigenvalue weighted by Crippen LogP contribution is -2.37. The SMILES string of the molecule is O=C1[C@H]2[C@@H](ON(c3cccc([N+](=O)[O-])c3)[C@H]2c2ccccc2)C(=O)N1c1ccc(Cl)cc1. The molecule has 2 fully saturated rings. The highest BCUT2D eigenvalue weighted by Gasteiger charge is 2.60. The van der Waals surface area contributed by atoms with Gasteiger partial charge in [0.2, 0.25) is 5.91 Å². The van der Waals surface area contributed by atoms with Gasteiger partial charge in [-0.1, -0.05) is 48.0 Å². The number of nitro benzene ring substituents is 1. The minimum Gasteiger partial charge on any atom is -0.273 e. The minimum atomic E-state index is -1.05. The van der Waals surface area contributed by atoms with Crippen molar-refractivity contribution in [3.8, 4) is 0 Å². The number of non-ortho nitro benzene ring substituents is 1. The fraction of sp³-hybridized carbons (Fsp3) is 0.130. The van der Waals surface area contributed by atoms with Crippen LogP contribution < -0.4 is 9.96 Å². The summed E-state index contributed by atoms with van der Waals surface area (Å²) >= 11 is 5.94. The molecule has 0 N–H and O–H groups in total. The summed E-state index contributed by atoms with van der Waals surface area (Å²) in [7, 11) is 0. The number of carbonyl (C=O) groups excluding carboxylic acids is 2. The summed E-state index contributed by atoms with van der Waals surface area (Å²) in [6, 6.07) is 20.9. The Labute approximate surface area is 187 Å². The van der Waals surface area contributed by atoms with Crippen LogP contribution in [0.3, 0.4) is 0 Å². The van der Waals surface area contributed by atoms with Crippen LogP contribution in [-0.2, 0) is 14.4 Å². The summed E-state index contributed by atoms with van der Waals surface area (Å²) in [6.07, 6.45) is -1.05. The third kappa shape index (κ3) is 3.21. The van der Waals surface area contributed by atoms with Gasteiger partial charge >= 0.3 is 0 Å². The van der Waals surface area contributed by atoms with Crippen LogP contribution in [0.5, 0.6) is 0 Å². The van der Waals surface area contributed by atoms with E-state index in [1.807, 2.05) is 30.3 Å². The van der Waals surface area contributed by atoms with Crippen LogP contribution in [0.15, 0.2) is 78.9 Å². The number of benzene rings is 3. The van der Waals surface area contributed by atoms with Crippen molar-refractivity contribution in [1.29, 1.82) is 0 Å². The molecule has 3 aromatic carbocycles. The Hall–Kier alpha value is -3.75. The van der Waals surface area contributed by atoms with Gasteiger partial charge in [0.15, 0.2) is 6.10 Å². The number of halogens is 1. The number of anilines is 2. The fourth-order valence-electron chi connectivity index (χ4n) is 4.22. The van der Waals surface area contributed by atoms with Crippen molar-refractivity contribution in [2.24, 2.45) is 5.92 Å². The van der Waals surface area contributed by atoms with Gasteiger partial charge in [-0.25, -0.2) is 9.96 Å². The molecule has 0 unspecified atom stereocenters. The number of carbonyl (C=O) groups is 2. The van der Waals surface area contributed by atoms with Crippen LogP contribution in [0.1, 0.15) is 11.6 Å². The van der Waals surface area contributed by atoms with Crippen LogP contribution in [-0.4, -0.2) is 22.8 Å². The first kappa shape index (κ1) is 20.2. The zero-order chi connectivity index (χ0) is 22.4. The van der Waals surface area contributed by atoms with E-state index in [2.05, 4.69) is 0 Å². The molecule has 3 atom stereocenters. The van der Waals surface area contributed by atoms with E-state index in [4.69, 9.17) is 16.4 Å². The van der Waals surface area contributed by atoms with E-state index in [0.717, 1.165) is 10.5 Å². The first-order chi connectivity index (χ1) is 15.5. The van der Waals surface area contributed by atoms with Crippen molar-refractivity contribution in [1.82, 2.24) is 0 Å². The van der Waals surface area contributed by atoms with Gasteiger partial charge in [-0.2, -0.15) is 0 Å². The molecule has 8 nitrogen and oxygen atoms in total. The van der Waals surface area contributed by atoms with E-state index in [1.165, 1.54) is 23.3 Å². The molecule has 0 saturated carbocycles. The van der Waals surface area contributed by atoms with Gasteiger partial charge in [0.1, 0.15) is 5.92 Å². The molecule has 160 valence electrons. The Morgan fingerprint density at radius 1 is 0.875 bits per heavy atom. The summed E-state index contributed by atoms with van der Waals surface area (Å²) in [5.74, 6) is -1.71. The highest BCUT2D eigenvalue weighted by atomic mass is 35.5. The summed E-state index contributed by atoms with van der Waals surface area (Å²) in [5.41, 5.74) is 1.44. The molecule has 0 spiro atoms. The zero-order valence-corrected chi connectivity index (χ0v) is 17.3. The normalized spacial score (nSPS) is 22.3. The smallest absolute Gasteiger partial charge is 0.271 e. The molecule has 2 heterocycles. The fourth-order valence-corrected chi connectivity index (χ4v) is 4.34. The average molecular weight is 450 g/mol. The largest absolute Gasteiger partial charge is 0.273 e. The van der Waals surface area contributed by atoms with E-state index >= 15 is 0 Å². The van der Waals surface area contributed by atoms with Crippen LogP contribution in [0.2, 0.25) is 5.02 Å². The molecule has 0 aromatic heterocycles. The predicted octanol–water partition coefficient (Wildman–Crippen LogP) is 4.30. The number of nitro groups is 1. The third-order valence-corrected chi connectivity index (χ3v) is 5.89. The summed E-state index contributed by atoms with van der Waals surface area (Å²) < 4.78 is 0. The molecule has 2 aliphatic rings. The maximum absolute atomic E-state index is 13.5. The van der Waals surface area contributed by atoms with Crippen molar-refractivity contribution >= 4 is 40.5 Å². The van der Waals surface area contributed by atoms with Gasteiger partial charge in [-0.3, -0.25) is 24.5 Å². The van der Waals surface area contributed by atoms with Crippen LogP contribution in [0.4, 0.5) is 17.1 Å². The van der Waals surface area contributed by atoms with E-state index in [-0.39, 0.29) is 5.69 Å². The second-order valence-corrected chi connectivity index (χ2v) is 7.93. The van der Waals surface area contributed by atoms with E-state index in [1.54, 1.807) is 30.3 Å². The van der Waals surface area contributed by atoms with Crippen molar-refractivity contribution in [3.05, 3.63) is 99.6 Å². The first-order valence-corrected chi connectivity index (χ1v) is 10.2. The highest BCUT2D eigenvalue weighted by Crippen LogP contribution is 2.47. The molecule has 2 aliphatic heterocycles. The third-order valence-electron chi connectivity index (χ3n) is 5.64. The first-order valence-electron chi connectivity index (χ1n) is 9.84. The molecule has 0 radical (unpaired) electrons.